The fourth-order valence-corrected chi connectivity index (χ4v) is 5.66. The van der Waals surface area contributed by atoms with E-state index in [1.807, 2.05) is 0 Å². The Morgan fingerprint density at radius 3 is 1.80 bits per heavy atom. The summed E-state index contributed by atoms with van der Waals surface area (Å²) in [6, 6.07) is 0.674. The first-order valence-electron chi connectivity index (χ1n) is 12.3. The Morgan fingerprint density at radius 1 is 0.800 bits per heavy atom. The Labute approximate surface area is 183 Å². The highest BCUT2D eigenvalue weighted by Gasteiger charge is 2.36. The summed E-state index contributed by atoms with van der Waals surface area (Å²) in [5.74, 6) is 1.47. The fourth-order valence-electron chi connectivity index (χ4n) is 5.66. The second kappa shape index (κ2) is 10.4. The Hall–Kier alpha value is -1.14. The standard InChI is InChI=1S/C24H44N4O2/c1-18-9-5-7-11-20(18)25-22(29)15-27-13-14-28(24(3,4)17-27)16-23(30)26-21-12-8-6-10-19(21)2/h18-21H,5-17H2,1-4H3,(H,25,29)(H,26,30)/t18-,19-,20+,21+/m1/s1. The van der Waals surface area contributed by atoms with Crippen LogP contribution in [-0.4, -0.2) is 72.0 Å². The maximum Gasteiger partial charge on any atom is 0.234 e. The van der Waals surface area contributed by atoms with Crippen molar-refractivity contribution in [1.29, 1.82) is 0 Å². The average Bonchev–Trinajstić information content (AvgIpc) is 2.67. The molecule has 0 aromatic rings. The van der Waals surface area contributed by atoms with E-state index in [1.54, 1.807) is 0 Å². The van der Waals surface area contributed by atoms with Gasteiger partial charge in [0, 0.05) is 37.3 Å². The number of carbonyl (C=O) groups is 2. The molecule has 3 aliphatic rings. The molecule has 3 fully saturated rings. The number of hydrogen-bond donors (Lipinski definition) is 2. The van der Waals surface area contributed by atoms with Gasteiger partial charge in [-0.05, 0) is 51.4 Å². The van der Waals surface area contributed by atoms with Gasteiger partial charge in [0.05, 0.1) is 13.1 Å². The van der Waals surface area contributed by atoms with Gasteiger partial charge in [0.1, 0.15) is 0 Å². The fraction of sp³-hybridized carbons (Fsp3) is 0.917. The summed E-state index contributed by atoms with van der Waals surface area (Å²) in [6.45, 7) is 12.3. The predicted octanol–water partition coefficient (Wildman–Crippen LogP) is 2.77. The highest BCUT2D eigenvalue weighted by atomic mass is 16.2. The zero-order valence-electron chi connectivity index (χ0n) is 19.7. The van der Waals surface area contributed by atoms with E-state index in [4.69, 9.17) is 0 Å². The summed E-state index contributed by atoms with van der Waals surface area (Å²) < 4.78 is 0. The van der Waals surface area contributed by atoms with Crippen LogP contribution in [0.25, 0.3) is 0 Å². The molecule has 1 saturated heterocycles. The van der Waals surface area contributed by atoms with E-state index in [0.717, 1.165) is 32.5 Å². The molecule has 172 valence electrons. The normalized spacial score (nSPS) is 33.1. The van der Waals surface area contributed by atoms with Crippen molar-refractivity contribution in [3.63, 3.8) is 0 Å². The molecule has 0 aromatic heterocycles. The van der Waals surface area contributed by atoms with Crippen LogP contribution in [0, 0.1) is 11.8 Å². The lowest BCUT2D eigenvalue weighted by atomic mass is 9.86. The molecule has 0 spiro atoms. The summed E-state index contributed by atoms with van der Waals surface area (Å²) in [4.78, 5) is 29.8. The van der Waals surface area contributed by atoms with Gasteiger partial charge < -0.3 is 10.6 Å². The minimum absolute atomic E-state index is 0.119. The molecule has 0 bridgehead atoms. The van der Waals surface area contributed by atoms with Crippen molar-refractivity contribution in [2.75, 3.05) is 32.7 Å². The van der Waals surface area contributed by atoms with Crippen LogP contribution >= 0.6 is 0 Å². The molecule has 1 aliphatic heterocycles. The van der Waals surface area contributed by atoms with Crippen molar-refractivity contribution in [3.05, 3.63) is 0 Å². The molecule has 2 N–H and O–H groups in total. The van der Waals surface area contributed by atoms with Gasteiger partial charge in [-0.3, -0.25) is 19.4 Å². The number of nitrogens with zero attached hydrogens (tertiary/aromatic N) is 2. The summed E-state index contributed by atoms with van der Waals surface area (Å²) in [5.41, 5.74) is -0.119. The molecule has 2 saturated carbocycles. The van der Waals surface area contributed by atoms with Gasteiger partial charge in [-0.25, -0.2) is 0 Å². The van der Waals surface area contributed by atoms with E-state index < -0.39 is 0 Å². The zero-order valence-corrected chi connectivity index (χ0v) is 19.7. The van der Waals surface area contributed by atoms with E-state index in [9.17, 15) is 9.59 Å². The minimum atomic E-state index is -0.119. The number of carbonyl (C=O) groups excluding carboxylic acids is 2. The molecular formula is C24H44N4O2. The quantitative estimate of drug-likeness (QED) is 0.694. The molecule has 0 unspecified atom stereocenters. The van der Waals surface area contributed by atoms with Gasteiger partial charge in [-0.2, -0.15) is 0 Å². The molecule has 1 heterocycles. The first-order chi connectivity index (χ1) is 14.2. The maximum absolute atomic E-state index is 12.7. The Balaban J connectivity index is 1.44. The lowest BCUT2D eigenvalue weighted by Gasteiger charge is -2.47. The van der Waals surface area contributed by atoms with Crippen LogP contribution in [0.15, 0.2) is 0 Å². The highest BCUT2D eigenvalue weighted by Crippen LogP contribution is 2.25. The number of amides is 2. The minimum Gasteiger partial charge on any atom is -0.352 e. The van der Waals surface area contributed by atoms with Crippen LogP contribution < -0.4 is 10.6 Å². The topological polar surface area (TPSA) is 64.7 Å². The molecule has 6 heteroatoms. The molecule has 30 heavy (non-hydrogen) atoms. The average molecular weight is 421 g/mol. The van der Waals surface area contributed by atoms with E-state index in [0.29, 0.717) is 37.0 Å². The second-order valence-electron chi connectivity index (χ2n) is 10.8. The summed E-state index contributed by atoms with van der Waals surface area (Å²) in [6.07, 6.45) is 9.69. The van der Waals surface area contributed by atoms with Crippen molar-refractivity contribution < 1.29 is 9.59 Å². The lowest BCUT2D eigenvalue weighted by Crippen LogP contribution is -2.62. The van der Waals surface area contributed by atoms with Gasteiger partial charge in [0.2, 0.25) is 11.8 Å². The summed E-state index contributed by atoms with van der Waals surface area (Å²) in [7, 11) is 0. The molecule has 0 radical (unpaired) electrons. The van der Waals surface area contributed by atoms with Crippen molar-refractivity contribution in [2.24, 2.45) is 11.8 Å². The van der Waals surface area contributed by atoms with Gasteiger partial charge in [0.15, 0.2) is 0 Å². The highest BCUT2D eigenvalue weighted by molar-refractivity contribution is 5.79. The van der Waals surface area contributed by atoms with Crippen molar-refractivity contribution >= 4 is 11.8 Å². The number of nitrogens with one attached hydrogen (secondary N) is 2. The Kier molecular flexibility index (Phi) is 8.19. The van der Waals surface area contributed by atoms with E-state index >= 15 is 0 Å². The number of rotatable bonds is 6. The molecule has 4 atom stereocenters. The van der Waals surface area contributed by atoms with E-state index in [1.165, 1.54) is 38.5 Å². The van der Waals surface area contributed by atoms with Crippen molar-refractivity contribution in [2.45, 2.75) is 96.7 Å². The summed E-state index contributed by atoms with van der Waals surface area (Å²) in [5, 5.41) is 6.57. The van der Waals surface area contributed by atoms with Crippen molar-refractivity contribution in [1.82, 2.24) is 20.4 Å². The molecule has 0 aromatic carbocycles. The van der Waals surface area contributed by atoms with Crippen LogP contribution in [0.5, 0.6) is 0 Å². The van der Waals surface area contributed by atoms with Crippen LogP contribution in [0.1, 0.15) is 79.1 Å². The Morgan fingerprint density at radius 2 is 1.30 bits per heavy atom. The predicted molar refractivity (Wildman–Crippen MR) is 121 cm³/mol. The molecular weight excluding hydrogens is 376 g/mol. The van der Waals surface area contributed by atoms with E-state index in [2.05, 4.69) is 48.1 Å². The van der Waals surface area contributed by atoms with Gasteiger partial charge in [-0.1, -0.05) is 39.5 Å². The van der Waals surface area contributed by atoms with Crippen LogP contribution in [0.2, 0.25) is 0 Å². The largest absolute Gasteiger partial charge is 0.352 e. The number of piperazine rings is 1. The first kappa shape index (κ1) is 23.5. The molecule has 2 aliphatic carbocycles. The Bertz CT molecular complexity index is 594. The van der Waals surface area contributed by atoms with Gasteiger partial charge in [-0.15, -0.1) is 0 Å². The third kappa shape index (κ3) is 6.43. The third-order valence-electron chi connectivity index (χ3n) is 7.77. The lowest BCUT2D eigenvalue weighted by molar-refractivity contribution is -0.129. The summed E-state index contributed by atoms with van der Waals surface area (Å²) >= 11 is 0. The van der Waals surface area contributed by atoms with Crippen LogP contribution in [0.4, 0.5) is 0 Å². The van der Waals surface area contributed by atoms with Crippen molar-refractivity contribution in [3.8, 4) is 0 Å². The molecule has 6 nitrogen and oxygen atoms in total. The van der Waals surface area contributed by atoms with Gasteiger partial charge in [0.25, 0.3) is 0 Å². The van der Waals surface area contributed by atoms with Crippen LogP contribution in [-0.2, 0) is 9.59 Å². The number of hydrogen-bond acceptors (Lipinski definition) is 4. The monoisotopic (exact) mass is 420 g/mol. The van der Waals surface area contributed by atoms with E-state index in [-0.39, 0.29) is 17.4 Å². The molecule has 3 rings (SSSR count). The second-order valence-corrected chi connectivity index (χ2v) is 10.8. The van der Waals surface area contributed by atoms with Crippen LogP contribution in [0.3, 0.4) is 0 Å². The SMILES string of the molecule is C[C@@H]1CCCC[C@@H]1NC(=O)CN1CCN(CC(=O)N[C@H]2CCCC[C@H]2C)C(C)(C)C1. The van der Waals surface area contributed by atoms with Gasteiger partial charge >= 0.3 is 0 Å². The smallest absolute Gasteiger partial charge is 0.234 e. The first-order valence-corrected chi connectivity index (χ1v) is 12.3. The zero-order chi connectivity index (χ0) is 21.7. The third-order valence-corrected chi connectivity index (χ3v) is 7.77. The molecule has 2 amide bonds. The maximum atomic E-state index is 12.7.